The summed E-state index contributed by atoms with van der Waals surface area (Å²) in [5.74, 6) is 0.885. The number of anilines is 2. The van der Waals surface area contributed by atoms with Crippen LogP contribution in [0.2, 0.25) is 0 Å². The van der Waals surface area contributed by atoms with Gasteiger partial charge in [-0.05, 0) is 25.8 Å². The molecule has 1 aromatic heterocycles. The number of nitrogens with two attached hydrogens (primary N) is 1. The van der Waals surface area contributed by atoms with Crippen molar-refractivity contribution in [2.75, 3.05) is 43.4 Å². The first-order chi connectivity index (χ1) is 10.3. The van der Waals surface area contributed by atoms with Crippen molar-refractivity contribution in [3.63, 3.8) is 0 Å². The molecule has 3 heterocycles. The lowest BCUT2D eigenvalue weighted by Gasteiger charge is -2.43. The van der Waals surface area contributed by atoms with Gasteiger partial charge in [-0.3, -0.25) is 4.90 Å². The zero-order valence-corrected chi connectivity index (χ0v) is 12.7. The quantitative estimate of drug-likeness (QED) is 0.883. The molecule has 2 saturated heterocycles. The van der Waals surface area contributed by atoms with E-state index in [0.717, 1.165) is 26.1 Å². The number of nitrogen functional groups attached to an aromatic ring is 1. The monoisotopic (exact) mass is 292 g/mol. The summed E-state index contributed by atoms with van der Waals surface area (Å²) in [5, 5.41) is 0. The molecule has 2 N–H and O–H groups in total. The molecule has 1 aromatic rings. The van der Waals surface area contributed by atoms with Crippen molar-refractivity contribution >= 4 is 11.9 Å². The SMILES string of the molecule is CCCOc1nc(N)nc(N2CCN3CCCCC3C2)n1. The second kappa shape index (κ2) is 6.43. The Morgan fingerprint density at radius 3 is 2.95 bits per heavy atom. The van der Waals surface area contributed by atoms with E-state index in [9.17, 15) is 0 Å². The van der Waals surface area contributed by atoms with Gasteiger partial charge >= 0.3 is 6.01 Å². The molecule has 0 bridgehead atoms. The Hall–Kier alpha value is -1.63. The van der Waals surface area contributed by atoms with Gasteiger partial charge in [0.15, 0.2) is 0 Å². The third-order valence-corrected chi connectivity index (χ3v) is 4.18. The van der Waals surface area contributed by atoms with Crippen molar-refractivity contribution in [2.45, 2.75) is 38.6 Å². The summed E-state index contributed by atoms with van der Waals surface area (Å²) in [7, 11) is 0. The van der Waals surface area contributed by atoms with Crippen LogP contribution in [0.5, 0.6) is 6.01 Å². The van der Waals surface area contributed by atoms with Crippen LogP contribution in [0.3, 0.4) is 0 Å². The van der Waals surface area contributed by atoms with Crippen LogP contribution in [-0.4, -0.2) is 58.7 Å². The van der Waals surface area contributed by atoms with Gasteiger partial charge in [-0.1, -0.05) is 13.3 Å². The molecule has 3 rings (SSSR count). The highest BCUT2D eigenvalue weighted by atomic mass is 16.5. The van der Waals surface area contributed by atoms with Gasteiger partial charge in [-0.25, -0.2) is 0 Å². The highest BCUT2D eigenvalue weighted by Crippen LogP contribution is 2.24. The molecule has 0 amide bonds. The summed E-state index contributed by atoms with van der Waals surface area (Å²) in [5.41, 5.74) is 5.79. The minimum atomic E-state index is 0.233. The number of hydrogen-bond donors (Lipinski definition) is 1. The molecule has 7 heteroatoms. The molecule has 2 aliphatic heterocycles. The number of rotatable bonds is 4. The van der Waals surface area contributed by atoms with E-state index in [4.69, 9.17) is 10.5 Å². The average Bonchev–Trinajstić information content (AvgIpc) is 2.52. The van der Waals surface area contributed by atoms with Crippen LogP contribution in [-0.2, 0) is 0 Å². The summed E-state index contributed by atoms with van der Waals surface area (Å²) in [6.07, 6.45) is 4.82. The molecular weight excluding hydrogens is 268 g/mol. The smallest absolute Gasteiger partial charge is 0.323 e. The topological polar surface area (TPSA) is 80.4 Å². The summed E-state index contributed by atoms with van der Waals surface area (Å²) >= 11 is 0. The average molecular weight is 292 g/mol. The Morgan fingerprint density at radius 1 is 1.19 bits per heavy atom. The standard InChI is InChI=1S/C14H24N6O/c1-2-9-21-14-17-12(15)16-13(18-14)20-8-7-19-6-4-3-5-11(19)10-20/h11H,2-10H2,1H3,(H2,15,16,17,18). The fraction of sp³-hybridized carbons (Fsp3) is 0.786. The van der Waals surface area contributed by atoms with Crippen LogP contribution in [0.4, 0.5) is 11.9 Å². The fourth-order valence-corrected chi connectivity index (χ4v) is 3.10. The fourth-order valence-electron chi connectivity index (χ4n) is 3.10. The van der Waals surface area contributed by atoms with E-state index in [1.807, 2.05) is 6.92 Å². The summed E-state index contributed by atoms with van der Waals surface area (Å²) in [6.45, 7) is 6.85. The van der Waals surface area contributed by atoms with Crippen LogP contribution >= 0.6 is 0 Å². The number of ether oxygens (including phenoxy) is 1. The van der Waals surface area contributed by atoms with E-state index in [2.05, 4.69) is 24.8 Å². The van der Waals surface area contributed by atoms with E-state index in [1.165, 1.54) is 25.8 Å². The minimum Gasteiger partial charge on any atom is -0.463 e. The van der Waals surface area contributed by atoms with Gasteiger partial charge in [0, 0.05) is 25.7 Å². The van der Waals surface area contributed by atoms with Crippen molar-refractivity contribution < 1.29 is 4.74 Å². The van der Waals surface area contributed by atoms with Crippen molar-refractivity contribution in [3.05, 3.63) is 0 Å². The molecular formula is C14H24N6O. The molecule has 2 aliphatic rings. The van der Waals surface area contributed by atoms with Crippen molar-refractivity contribution in [1.82, 2.24) is 19.9 Å². The lowest BCUT2D eigenvalue weighted by molar-refractivity contribution is 0.132. The number of nitrogens with zero attached hydrogens (tertiary/aromatic N) is 5. The Kier molecular flexibility index (Phi) is 4.38. The van der Waals surface area contributed by atoms with E-state index >= 15 is 0 Å². The third kappa shape index (κ3) is 3.34. The molecule has 1 unspecified atom stereocenters. The number of hydrogen-bond acceptors (Lipinski definition) is 7. The zero-order chi connectivity index (χ0) is 14.7. The van der Waals surface area contributed by atoms with Gasteiger partial charge in [0.05, 0.1) is 6.61 Å². The van der Waals surface area contributed by atoms with Crippen LogP contribution in [0, 0.1) is 0 Å². The zero-order valence-electron chi connectivity index (χ0n) is 12.7. The van der Waals surface area contributed by atoms with Crippen molar-refractivity contribution in [3.8, 4) is 6.01 Å². The maximum Gasteiger partial charge on any atom is 0.323 e. The molecule has 116 valence electrons. The Bertz CT molecular complexity index is 483. The van der Waals surface area contributed by atoms with Crippen LogP contribution in [0.15, 0.2) is 0 Å². The third-order valence-electron chi connectivity index (χ3n) is 4.18. The first-order valence-electron chi connectivity index (χ1n) is 7.89. The summed E-state index contributed by atoms with van der Waals surface area (Å²) < 4.78 is 5.49. The first kappa shape index (κ1) is 14.3. The second-order valence-corrected chi connectivity index (χ2v) is 5.76. The maximum absolute atomic E-state index is 5.79. The van der Waals surface area contributed by atoms with Gasteiger partial charge in [0.25, 0.3) is 0 Å². The number of fused-ring (bicyclic) bond motifs is 1. The number of piperazine rings is 1. The highest BCUT2D eigenvalue weighted by molar-refractivity contribution is 5.37. The molecule has 0 saturated carbocycles. The maximum atomic E-state index is 5.79. The van der Waals surface area contributed by atoms with Gasteiger partial charge in [0.2, 0.25) is 11.9 Å². The Balaban J connectivity index is 1.72. The molecule has 1 atom stereocenters. The molecule has 0 aliphatic carbocycles. The van der Waals surface area contributed by atoms with E-state index in [0.29, 0.717) is 24.6 Å². The number of piperidine rings is 1. The molecule has 21 heavy (non-hydrogen) atoms. The minimum absolute atomic E-state index is 0.233. The van der Waals surface area contributed by atoms with Crippen LogP contribution in [0.25, 0.3) is 0 Å². The lowest BCUT2D eigenvalue weighted by Crippen LogP contribution is -2.55. The normalized spacial score (nSPS) is 22.9. The van der Waals surface area contributed by atoms with Gasteiger partial charge in [-0.2, -0.15) is 15.0 Å². The summed E-state index contributed by atoms with van der Waals surface area (Å²) in [6, 6.07) is 0.955. The molecule has 0 spiro atoms. The second-order valence-electron chi connectivity index (χ2n) is 5.76. The predicted molar refractivity (Wildman–Crippen MR) is 81.5 cm³/mol. The van der Waals surface area contributed by atoms with Crippen molar-refractivity contribution in [1.29, 1.82) is 0 Å². The molecule has 0 aromatic carbocycles. The predicted octanol–water partition coefficient (Wildman–Crippen LogP) is 0.917. The van der Waals surface area contributed by atoms with Gasteiger partial charge < -0.3 is 15.4 Å². The van der Waals surface area contributed by atoms with Crippen molar-refractivity contribution in [2.24, 2.45) is 0 Å². The van der Waals surface area contributed by atoms with E-state index < -0.39 is 0 Å². The van der Waals surface area contributed by atoms with E-state index in [-0.39, 0.29) is 5.95 Å². The molecule has 2 fully saturated rings. The van der Waals surface area contributed by atoms with Gasteiger partial charge in [-0.15, -0.1) is 0 Å². The Morgan fingerprint density at radius 2 is 2.10 bits per heavy atom. The lowest BCUT2D eigenvalue weighted by atomic mass is 10.00. The molecule has 0 radical (unpaired) electrons. The summed E-state index contributed by atoms with van der Waals surface area (Å²) in [4.78, 5) is 17.5. The van der Waals surface area contributed by atoms with E-state index in [1.54, 1.807) is 0 Å². The Labute approximate surface area is 125 Å². The molecule has 7 nitrogen and oxygen atoms in total. The van der Waals surface area contributed by atoms with Crippen LogP contribution in [0.1, 0.15) is 32.6 Å². The van der Waals surface area contributed by atoms with Crippen LogP contribution < -0.4 is 15.4 Å². The highest BCUT2D eigenvalue weighted by Gasteiger charge is 2.30. The number of aromatic nitrogens is 3. The first-order valence-corrected chi connectivity index (χ1v) is 7.89. The van der Waals surface area contributed by atoms with Gasteiger partial charge in [0.1, 0.15) is 0 Å². The largest absolute Gasteiger partial charge is 0.463 e.